The standard InChI is InChI=1S/C17H14N4O.C3H8N2O4S/c1-22-15-9-8-14(12-4-2-11(10-18)3-5-12)21-17(15)19-16(20-21)13-6-7-13;4-10(8,9)2-1-5-3(6)7/h2-5,8-9,13H,6-7H2,1H3;5H,1-2H2,(H,6,7)(H2,4,8,9). The van der Waals surface area contributed by atoms with Gasteiger partial charge in [-0.3, -0.25) is 0 Å². The molecule has 1 aliphatic carbocycles. The first kappa shape index (κ1) is 23.0. The van der Waals surface area contributed by atoms with E-state index >= 15 is 0 Å². The maximum atomic E-state index is 10.2. The lowest BCUT2D eigenvalue weighted by atomic mass is 10.1. The summed E-state index contributed by atoms with van der Waals surface area (Å²) < 4.78 is 27.6. The number of nitrogens with one attached hydrogen (secondary N) is 1. The monoisotopic (exact) mass is 458 g/mol. The number of rotatable bonds is 6. The highest BCUT2D eigenvalue weighted by atomic mass is 32.2. The molecule has 0 atom stereocenters. The van der Waals surface area contributed by atoms with Crippen LogP contribution in [0.4, 0.5) is 4.79 Å². The average molecular weight is 459 g/mol. The first-order valence-corrected chi connectivity index (χ1v) is 11.3. The van der Waals surface area contributed by atoms with Crippen molar-refractivity contribution in [2.24, 2.45) is 5.14 Å². The summed E-state index contributed by atoms with van der Waals surface area (Å²) >= 11 is 0. The summed E-state index contributed by atoms with van der Waals surface area (Å²) in [4.78, 5) is 14.4. The minimum absolute atomic E-state index is 0.172. The average Bonchev–Trinajstić information content (AvgIpc) is 3.50. The Labute approximate surface area is 184 Å². The molecule has 1 saturated carbocycles. The third kappa shape index (κ3) is 5.93. The second-order valence-corrected chi connectivity index (χ2v) is 8.79. The van der Waals surface area contributed by atoms with Gasteiger partial charge in [0, 0.05) is 18.0 Å². The van der Waals surface area contributed by atoms with Gasteiger partial charge >= 0.3 is 6.09 Å². The number of primary sulfonamides is 1. The van der Waals surface area contributed by atoms with Gasteiger partial charge in [-0.1, -0.05) is 12.1 Å². The number of sulfonamides is 1. The van der Waals surface area contributed by atoms with Crippen LogP contribution in [0.25, 0.3) is 16.9 Å². The molecular weight excluding hydrogens is 436 g/mol. The number of nitrogens with zero attached hydrogens (tertiary/aromatic N) is 4. The molecule has 0 aliphatic heterocycles. The summed E-state index contributed by atoms with van der Waals surface area (Å²) in [5, 5.41) is 28.0. The van der Waals surface area contributed by atoms with E-state index < -0.39 is 16.1 Å². The Morgan fingerprint density at radius 2 is 2.00 bits per heavy atom. The number of methoxy groups -OCH3 is 1. The molecule has 0 spiro atoms. The summed E-state index contributed by atoms with van der Waals surface area (Å²) in [5.74, 6) is 1.72. The third-order valence-corrected chi connectivity index (χ3v) is 5.37. The van der Waals surface area contributed by atoms with Gasteiger partial charge in [0.25, 0.3) is 0 Å². The van der Waals surface area contributed by atoms with Crippen molar-refractivity contribution in [1.82, 2.24) is 19.9 Å². The van der Waals surface area contributed by atoms with Gasteiger partial charge in [-0.15, -0.1) is 0 Å². The Bertz CT molecular complexity index is 1260. The van der Waals surface area contributed by atoms with Crippen LogP contribution in [0.3, 0.4) is 0 Å². The van der Waals surface area contributed by atoms with Gasteiger partial charge in [-0.05, 0) is 37.1 Å². The normalized spacial score (nSPS) is 13.0. The van der Waals surface area contributed by atoms with E-state index in [4.69, 9.17) is 15.1 Å². The Morgan fingerprint density at radius 3 is 2.53 bits per heavy atom. The number of ether oxygens (including phenoxy) is 1. The predicted octanol–water partition coefficient (Wildman–Crippen LogP) is 1.70. The maximum absolute atomic E-state index is 10.2. The Morgan fingerprint density at radius 1 is 1.31 bits per heavy atom. The SMILES string of the molecule is COc1ccc(-c2ccc(C#N)cc2)n2nc(C3CC3)nc12.NS(=O)(=O)CCNC(=O)O. The number of nitriles is 1. The zero-order valence-corrected chi connectivity index (χ0v) is 18.0. The molecule has 2 aromatic heterocycles. The van der Waals surface area contributed by atoms with Crippen LogP contribution in [0, 0.1) is 11.3 Å². The fourth-order valence-corrected chi connectivity index (χ4v) is 3.25. The first-order valence-electron chi connectivity index (χ1n) is 9.63. The molecule has 168 valence electrons. The van der Waals surface area contributed by atoms with E-state index in [0.29, 0.717) is 11.5 Å². The number of pyridine rings is 1. The van der Waals surface area contributed by atoms with Gasteiger partial charge in [-0.2, -0.15) is 10.4 Å². The lowest BCUT2D eigenvalue weighted by molar-refractivity contribution is 0.195. The summed E-state index contributed by atoms with van der Waals surface area (Å²) in [7, 11) is -1.90. The minimum atomic E-state index is -3.55. The molecular formula is C20H22N6O5S. The number of fused-ring (bicyclic) bond motifs is 1. The van der Waals surface area contributed by atoms with Crippen LogP contribution in [0.5, 0.6) is 5.75 Å². The van der Waals surface area contributed by atoms with Gasteiger partial charge < -0.3 is 15.2 Å². The van der Waals surface area contributed by atoms with Gasteiger partial charge in [-0.25, -0.2) is 27.9 Å². The smallest absolute Gasteiger partial charge is 0.404 e. The quantitative estimate of drug-likeness (QED) is 0.500. The van der Waals surface area contributed by atoms with Crippen LogP contribution in [-0.4, -0.2) is 53.6 Å². The number of benzene rings is 1. The number of carbonyl (C=O) groups is 1. The summed E-state index contributed by atoms with van der Waals surface area (Å²) in [6, 6.07) is 13.5. The molecule has 1 fully saturated rings. The molecule has 3 aromatic rings. The van der Waals surface area contributed by atoms with E-state index in [-0.39, 0.29) is 12.3 Å². The molecule has 1 aromatic carbocycles. The van der Waals surface area contributed by atoms with Gasteiger partial charge in [0.15, 0.2) is 17.2 Å². The Kier molecular flexibility index (Phi) is 6.92. The third-order valence-electron chi connectivity index (χ3n) is 4.60. The van der Waals surface area contributed by atoms with Crippen molar-refractivity contribution in [3.63, 3.8) is 0 Å². The van der Waals surface area contributed by atoms with Crippen LogP contribution in [-0.2, 0) is 10.0 Å². The van der Waals surface area contributed by atoms with Crippen molar-refractivity contribution < 1.29 is 23.1 Å². The Hall–Kier alpha value is -3.69. The molecule has 12 heteroatoms. The molecule has 0 bridgehead atoms. The number of nitrogens with two attached hydrogens (primary N) is 1. The van der Waals surface area contributed by atoms with E-state index in [9.17, 15) is 13.2 Å². The molecule has 0 saturated heterocycles. The molecule has 2 heterocycles. The van der Waals surface area contributed by atoms with Crippen LogP contribution >= 0.6 is 0 Å². The largest absolute Gasteiger partial charge is 0.493 e. The van der Waals surface area contributed by atoms with Crippen molar-refractivity contribution in [3.8, 4) is 23.1 Å². The topological polar surface area (TPSA) is 173 Å². The Balaban J connectivity index is 0.000000247. The number of amides is 1. The fourth-order valence-electron chi connectivity index (χ4n) is 2.86. The van der Waals surface area contributed by atoms with Gasteiger partial charge in [0.1, 0.15) is 0 Å². The number of hydrogen-bond donors (Lipinski definition) is 3. The highest BCUT2D eigenvalue weighted by Crippen LogP contribution is 2.39. The fraction of sp³-hybridized carbons (Fsp3) is 0.300. The lowest BCUT2D eigenvalue weighted by Gasteiger charge is -2.07. The molecule has 4 N–H and O–H groups in total. The second kappa shape index (κ2) is 9.63. The van der Waals surface area contributed by atoms with Crippen LogP contribution in [0.2, 0.25) is 0 Å². The zero-order chi connectivity index (χ0) is 23.3. The van der Waals surface area contributed by atoms with Crippen LogP contribution in [0.1, 0.15) is 30.1 Å². The lowest BCUT2D eigenvalue weighted by Crippen LogP contribution is -2.30. The van der Waals surface area contributed by atoms with Crippen molar-refractivity contribution in [2.75, 3.05) is 19.4 Å². The van der Waals surface area contributed by atoms with Crippen molar-refractivity contribution in [3.05, 3.63) is 47.8 Å². The minimum Gasteiger partial charge on any atom is -0.493 e. The molecule has 1 aliphatic rings. The maximum Gasteiger partial charge on any atom is 0.404 e. The highest BCUT2D eigenvalue weighted by molar-refractivity contribution is 7.89. The van der Waals surface area contributed by atoms with E-state index in [2.05, 4.69) is 21.3 Å². The number of aromatic nitrogens is 3. The second-order valence-electron chi connectivity index (χ2n) is 7.05. The van der Waals surface area contributed by atoms with E-state index in [0.717, 1.165) is 41.3 Å². The van der Waals surface area contributed by atoms with E-state index in [1.165, 1.54) is 0 Å². The molecule has 1 amide bonds. The van der Waals surface area contributed by atoms with E-state index in [1.54, 1.807) is 7.11 Å². The first-order chi connectivity index (χ1) is 15.2. The summed E-state index contributed by atoms with van der Waals surface area (Å²) in [6.45, 7) is -0.172. The summed E-state index contributed by atoms with van der Waals surface area (Å²) in [6.07, 6.45) is 1.06. The molecule has 0 unspecified atom stereocenters. The number of carboxylic acid groups (broad SMARTS) is 1. The van der Waals surface area contributed by atoms with Crippen molar-refractivity contribution >= 4 is 21.8 Å². The van der Waals surface area contributed by atoms with Crippen molar-refractivity contribution in [1.29, 1.82) is 5.26 Å². The predicted molar refractivity (Wildman–Crippen MR) is 116 cm³/mol. The number of hydrogen-bond acceptors (Lipinski definition) is 7. The molecule has 11 nitrogen and oxygen atoms in total. The van der Waals surface area contributed by atoms with Gasteiger partial charge in [0.05, 0.1) is 30.2 Å². The van der Waals surface area contributed by atoms with Crippen LogP contribution in [0.15, 0.2) is 36.4 Å². The molecule has 4 rings (SSSR count). The summed E-state index contributed by atoms with van der Waals surface area (Å²) in [5.41, 5.74) is 3.33. The molecule has 0 radical (unpaired) electrons. The van der Waals surface area contributed by atoms with Crippen molar-refractivity contribution in [2.45, 2.75) is 18.8 Å². The van der Waals surface area contributed by atoms with E-state index in [1.807, 2.05) is 46.2 Å². The van der Waals surface area contributed by atoms with Crippen LogP contribution < -0.4 is 15.2 Å². The zero-order valence-electron chi connectivity index (χ0n) is 17.2. The molecule has 32 heavy (non-hydrogen) atoms. The highest BCUT2D eigenvalue weighted by Gasteiger charge is 2.29. The van der Waals surface area contributed by atoms with Gasteiger partial charge in [0.2, 0.25) is 10.0 Å².